The molecule has 0 aliphatic carbocycles. The maximum absolute atomic E-state index is 14.9. The molecule has 3 aromatic rings. The number of nitrogens with zero attached hydrogens (tertiary/aromatic N) is 5. The van der Waals surface area contributed by atoms with Crippen molar-refractivity contribution >= 4 is 30.4 Å². The first-order valence-electron chi connectivity index (χ1n) is 10.00. The topological polar surface area (TPSA) is 92.1 Å². The van der Waals surface area contributed by atoms with Crippen LogP contribution in [0, 0.1) is 5.82 Å². The van der Waals surface area contributed by atoms with Crippen molar-refractivity contribution in [2.75, 3.05) is 23.9 Å². The van der Waals surface area contributed by atoms with Crippen LogP contribution in [-0.4, -0.2) is 49.1 Å². The summed E-state index contributed by atoms with van der Waals surface area (Å²) in [6.07, 6.45) is 2.36. The SMILES string of the molecule is C=N/N=C(\OCC(F)F)c1ccc(CN(C=O)c2cc(F)c(-c3cccnc3)cc2NC)nc1. The van der Waals surface area contributed by atoms with Gasteiger partial charge < -0.3 is 15.0 Å². The highest BCUT2D eigenvalue weighted by Gasteiger charge is 2.17. The Morgan fingerprint density at radius 1 is 1.29 bits per heavy atom. The van der Waals surface area contributed by atoms with E-state index in [1.54, 1.807) is 43.7 Å². The number of hydrogen-bond donors (Lipinski definition) is 1. The van der Waals surface area contributed by atoms with Crippen molar-refractivity contribution in [2.24, 2.45) is 10.2 Å². The Bertz CT molecular complexity index is 1160. The van der Waals surface area contributed by atoms with Gasteiger partial charge in [-0.05, 0) is 24.3 Å². The molecule has 0 saturated heterocycles. The number of pyridine rings is 2. The first-order valence-corrected chi connectivity index (χ1v) is 10.00. The second-order valence-corrected chi connectivity index (χ2v) is 6.86. The number of halogens is 3. The summed E-state index contributed by atoms with van der Waals surface area (Å²) in [6, 6.07) is 9.39. The molecular formula is C23H21F3N6O2. The van der Waals surface area contributed by atoms with Crippen LogP contribution < -0.4 is 10.2 Å². The predicted octanol–water partition coefficient (Wildman–Crippen LogP) is 4.13. The van der Waals surface area contributed by atoms with E-state index in [0.29, 0.717) is 40.2 Å². The van der Waals surface area contributed by atoms with E-state index in [1.165, 1.54) is 23.2 Å². The van der Waals surface area contributed by atoms with Gasteiger partial charge in [-0.1, -0.05) is 6.07 Å². The van der Waals surface area contributed by atoms with Gasteiger partial charge in [0.25, 0.3) is 6.43 Å². The molecule has 2 heterocycles. The lowest BCUT2D eigenvalue weighted by Gasteiger charge is -2.22. The summed E-state index contributed by atoms with van der Waals surface area (Å²) in [4.78, 5) is 21.4. The summed E-state index contributed by atoms with van der Waals surface area (Å²) >= 11 is 0. The van der Waals surface area contributed by atoms with E-state index in [-0.39, 0.29) is 12.4 Å². The van der Waals surface area contributed by atoms with Gasteiger partial charge in [0.05, 0.1) is 29.2 Å². The highest BCUT2D eigenvalue weighted by Crippen LogP contribution is 2.34. The van der Waals surface area contributed by atoms with Crippen molar-refractivity contribution in [3.05, 3.63) is 72.1 Å². The standard InChI is InChI=1S/C23H21F3N6O2/c1-27-20-8-18(15-4-3-7-29-10-15)19(24)9-21(20)32(14-33)12-17-6-5-16(11-30-17)23(31-28-2)34-13-22(25)26/h3-11,14,22,27H,2,12-13H2,1H3/b31-23-. The molecule has 1 aromatic carbocycles. The molecule has 0 radical (unpaired) electrons. The molecule has 0 unspecified atom stereocenters. The van der Waals surface area contributed by atoms with Crippen LogP contribution >= 0.6 is 0 Å². The predicted molar refractivity (Wildman–Crippen MR) is 124 cm³/mol. The Morgan fingerprint density at radius 2 is 2.12 bits per heavy atom. The third-order valence-electron chi connectivity index (χ3n) is 4.68. The highest BCUT2D eigenvalue weighted by atomic mass is 19.3. The molecule has 0 spiro atoms. The fourth-order valence-electron chi connectivity index (χ4n) is 3.12. The Kier molecular flexibility index (Phi) is 8.27. The Morgan fingerprint density at radius 3 is 2.71 bits per heavy atom. The summed E-state index contributed by atoms with van der Waals surface area (Å²) in [7, 11) is 1.66. The average Bonchev–Trinajstić information content (AvgIpc) is 2.86. The van der Waals surface area contributed by atoms with Crippen molar-refractivity contribution in [3.63, 3.8) is 0 Å². The summed E-state index contributed by atoms with van der Waals surface area (Å²) in [5.74, 6) is -0.682. The van der Waals surface area contributed by atoms with Crippen LogP contribution in [0.3, 0.4) is 0 Å². The maximum Gasteiger partial charge on any atom is 0.272 e. The number of nitrogens with one attached hydrogen (secondary N) is 1. The fraction of sp³-hybridized carbons (Fsp3) is 0.174. The third kappa shape index (κ3) is 5.94. The first kappa shape index (κ1) is 24.4. The molecule has 8 nitrogen and oxygen atoms in total. The van der Waals surface area contributed by atoms with Gasteiger partial charge in [0, 0.05) is 49.5 Å². The first-order chi connectivity index (χ1) is 16.5. The number of aromatic nitrogens is 2. The molecule has 0 bridgehead atoms. The van der Waals surface area contributed by atoms with Gasteiger partial charge >= 0.3 is 0 Å². The number of carbonyl (C=O) groups is 1. The number of anilines is 2. The molecule has 0 fully saturated rings. The van der Waals surface area contributed by atoms with E-state index in [1.807, 2.05) is 0 Å². The molecule has 2 aromatic heterocycles. The van der Waals surface area contributed by atoms with Crippen LogP contribution in [0.4, 0.5) is 24.5 Å². The Hall–Kier alpha value is -4.28. The maximum atomic E-state index is 14.9. The van der Waals surface area contributed by atoms with E-state index < -0.39 is 18.8 Å². The van der Waals surface area contributed by atoms with Crippen LogP contribution in [0.1, 0.15) is 11.3 Å². The van der Waals surface area contributed by atoms with Gasteiger partial charge in [-0.15, -0.1) is 5.10 Å². The normalized spacial score (nSPS) is 11.3. The van der Waals surface area contributed by atoms with Gasteiger partial charge in [0.2, 0.25) is 12.3 Å². The molecule has 0 aliphatic rings. The monoisotopic (exact) mass is 470 g/mol. The minimum absolute atomic E-state index is 0.0220. The number of hydrogen-bond acceptors (Lipinski definition) is 7. The average molecular weight is 470 g/mol. The van der Waals surface area contributed by atoms with Crippen molar-refractivity contribution in [1.82, 2.24) is 9.97 Å². The Labute approximate surface area is 193 Å². The molecule has 11 heteroatoms. The zero-order valence-electron chi connectivity index (χ0n) is 18.2. The Balaban J connectivity index is 1.85. The van der Waals surface area contributed by atoms with Crippen LogP contribution in [0.5, 0.6) is 0 Å². The third-order valence-corrected chi connectivity index (χ3v) is 4.68. The largest absolute Gasteiger partial charge is 0.470 e. The van der Waals surface area contributed by atoms with Crippen LogP contribution in [0.2, 0.25) is 0 Å². The van der Waals surface area contributed by atoms with Gasteiger partial charge in [-0.2, -0.15) is 5.10 Å². The fourth-order valence-corrected chi connectivity index (χ4v) is 3.12. The molecule has 176 valence electrons. The van der Waals surface area contributed by atoms with Gasteiger partial charge in [-0.25, -0.2) is 13.2 Å². The molecule has 0 atom stereocenters. The van der Waals surface area contributed by atoms with E-state index in [4.69, 9.17) is 4.74 Å². The highest BCUT2D eigenvalue weighted by molar-refractivity contribution is 5.94. The molecule has 34 heavy (non-hydrogen) atoms. The zero-order valence-corrected chi connectivity index (χ0v) is 18.2. The molecule has 1 amide bonds. The van der Waals surface area contributed by atoms with Gasteiger partial charge in [0.15, 0.2) is 6.61 Å². The number of rotatable bonds is 10. The number of benzene rings is 1. The number of alkyl halides is 2. The minimum Gasteiger partial charge on any atom is -0.470 e. The molecular weight excluding hydrogens is 449 g/mol. The van der Waals surface area contributed by atoms with Crippen molar-refractivity contribution in [1.29, 1.82) is 0 Å². The van der Waals surface area contributed by atoms with Crippen molar-refractivity contribution in [3.8, 4) is 11.1 Å². The smallest absolute Gasteiger partial charge is 0.272 e. The van der Waals surface area contributed by atoms with Crippen LogP contribution in [0.15, 0.2) is 65.2 Å². The number of amides is 1. The van der Waals surface area contributed by atoms with E-state index >= 15 is 0 Å². The van der Waals surface area contributed by atoms with Crippen molar-refractivity contribution < 1.29 is 22.7 Å². The van der Waals surface area contributed by atoms with Crippen LogP contribution in [-0.2, 0) is 16.1 Å². The second-order valence-electron chi connectivity index (χ2n) is 6.86. The molecule has 0 aliphatic heterocycles. The number of carbonyl (C=O) groups excluding carboxylic acids is 1. The lowest BCUT2D eigenvalue weighted by molar-refractivity contribution is -0.107. The van der Waals surface area contributed by atoms with Gasteiger partial charge in [-0.3, -0.25) is 14.8 Å². The van der Waals surface area contributed by atoms with Crippen molar-refractivity contribution in [2.45, 2.75) is 13.0 Å². The van der Waals surface area contributed by atoms with E-state index in [2.05, 4.69) is 32.2 Å². The summed E-state index contributed by atoms with van der Waals surface area (Å²) in [5, 5.41) is 9.89. The molecule has 1 N–H and O–H groups in total. The van der Waals surface area contributed by atoms with Gasteiger partial charge in [0.1, 0.15) is 5.82 Å². The number of ether oxygens (including phenoxy) is 1. The summed E-state index contributed by atoms with van der Waals surface area (Å²) in [6.45, 7) is 2.36. The van der Waals surface area contributed by atoms with Crippen LogP contribution in [0.25, 0.3) is 11.1 Å². The molecule has 0 saturated carbocycles. The lowest BCUT2D eigenvalue weighted by atomic mass is 10.0. The summed E-state index contributed by atoms with van der Waals surface area (Å²) in [5.41, 5.74) is 2.52. The quantitative estimate of drug-likeness (QED) is 0.208. The minimum atomic E-state index is -2.69. The second kappa shape index (κ2) is 11.5. The lowest BCUT2D eigenvalue weighted by Crippen LogP contribution is -2.22. The summed E-state index contributed by atoms with van der Waals surface area (Å²) < 4.78 is 44.8. The van der Waals surface area contributed by atoms with E-state index in [0.717, 1.165) is 0 Å². The zero-order chi connectivity index (χ0) is 24.5. The van der Waals surface area contributed by atoms with E-state index in [9.17, 15) is 18.0 Å². The molecule has 3 rings (SSSR count).